The normalized spacial score (nSPS) is 18.3. The molecule has 2 aromatic rings. The largest absolute Gasteiger partial charge is 0.481 e. The number of piperidine rings is 1. The van der Waals surface area contributed by atoms with Gasteiger partial charge in [0.1, 0.15) is 6.04 Å². The highest BCUT2D eigenvalue weighted by Gasteiger charge is 2.39. The minimum atomic E-state index is -0.871. The fourth-order valence-electron chi connectivity index (χ4n) is 3.72. The zero-order valence-electron chi connectivity index (χ0n) is 16.1. The number of benzene rings is 1. The Kier molecular flexibility index (Phi) is 5.21. The molecule has 0 saturated carbocycles. The molecule has 1 aromatic carbocycles. The van der Waals surface area contributed by atoms with E-state index in [1.54, 1.807) is 29.2 Å². The van der Waals surface area contributed by atoms with Crippen molar-refractivity contribution in [3.8, 4) is 0 Å². The predicted octanol–water partition coefficient (Wildman–Crippen LogP) is 0.731. The molecule has 3 N–H and O–H groups in total. The maximum Gasteiger partial charge on any atom is 0.305 e. The number of carbonyl (C=O) groups excluding carboxylic acids is 3. The van der Waals surface area contributed by atoms with E-state index in [4.69, 9.17) is 5.11 Å². The van der Waals surface area contributed by atoms with Crippen molar-refractivity contribution in [2.24, 2.45) is 0 Å². The van der Waals surface area contributed by atoms with Gasteiger partial charge in [-0.3, -0.25) is 29.2 Å². The van der Waals surface area contributed by atoms with Crippen LogP contribution in [-0.4, -0.2) is 49.5 Å². The monoisotopic (exact) mass is 411 g/mol. The van der Waals surface area contributed by atoms with Gasteiger partial charge in [0.25, 0.3) is 5.91 Å². The molecule has 10 heteroatoms. The van der Waals surface area contributed by atoms with Crippen LogP contribution in [-0.2, 0) is 34.0 Å². The van der Waals surface area contributed by atoms with Crippen molar-refractivity contribution >= 4 is 29.4 Å². The number of hydrogen-bond acceptors (Lipinski definition) is 6. The van der Waals surface area contributed by atoms with Crippen LogP contribution in [0, 0.1) is 0 Å². The number of imide groups is 1. The molecule has 2 aliphatic heterocycles. The number of carboxylic acid groups (broad SMARTS) is 1. The smallest absolute Gasteiger partial charge is 0.305 e. The van der Waals surface area contributed by atoms with Gasteiger partial charge in [-0.05, 0) is 30.2 Å². The molecule has 10 nitrogen and oxygen atoms in total. The summed E-state index contributed by atoms with van der Waals surface area (Å²) in [6, 6.07) is 4.80. The van der Waals surface area contributed by atoms with Crippen molar-refractivity contribution in [2.45, 2.75) is 44.9 Å². The number of carboxylic acids is 1. The topological polar surface area (TPSA) is 134 Å². The Hall–Kier alpha value is -3.69. The Morgan fingerprint density at radius 3 is 2.90 bits per heavy atom. The van der Waals surface area contributed by atoms with Crippen LogP contribution < -0.4 is 10.6 Å². The van der Waals surface area contributed by atoms with Crippen LogP contribution in [0.1, 0.15) is 40.7 Å². The summed E-state index contributed by atoms with van der Waals surface area (Å²) in [5, 5.41) is 18.4. The third-order valence-electron chi connectivity index (χ3n) is 5.26. The molecule has 0 spiro atoms. The van der Waals surface area contributed by atoms with Crippen LogP contribution in [0.2, 0.25) is 0 Å². The van der Waals surface area contributed by atoms with Gasteiger partial charge in [0.15, 0.2) is 0 Å². The first-order valence-corrected chi connectivity index (χ1v) is 9.65. The first-order valence-electron chi connectivity index (χ1n) is 9.65. The van der Waals surface area contributed by atoms with Gasteiger partial charge < -0.3 is 15.3 Å². The minimum Gasteiger partial charge on any atom is -0.481 e. The lowest BCUT2D eigenvalue weighted by Crippen LogP contribution is -2.52. The van der Waals surface area contributed by atoms with E-state index in [0.29, 0.717) is 31.6 Å². The molecule has 3 heterocycles. The van der Waals surface area contributed by atoms with Gasteiger partial charge in [-0.1, -0.05) is 0 Å². The average molecular weight is 411 g/mol. The van der Waals surface area contributed by atoms with Gasteiger partial charge in [-0.15, -0.1) is 0 Å². The molecule has 1 unspecified atom stereocenters. The molecule has 0 aliphatic carbocycles. The van der Waals surface area contributed by atoms with Crippen LogP contribution in [0.4, 0.5) is 5.69 Å². The summed E-state index contributed by atoms with van der Waals surface area (Å²) in [5.41, 5.74) is 3.12. The number of aliphatic carboxylic acids is 1. The Morgan fingerprint density at radius 2 is 2.13 bits per heavy atom. The van der Waals surface area contributed by atoms with Crippen LogP contribution in [0.15, 0.2) is 30.6 Å². The Bertz CT molecular complexity index is 1030. The van der Waals surface area contributed by atoms with Crippen LogP contribution in [0.5, 0.6) is 0 Å². The van der Waals surface area contributed by atoms with E-state index in [9.17, 15) is 19.2 Å². The van der Waals surface area contributed by atoms with E-state index in [0.717, 1.165) is 16.8 Å². The molecule has 1 aromatic heterocycles. The molecule has 0 radical (unpaired) electrons. The second-order valence-electron chi connectivity index (χ2n) is 7.38. The highest BCUT2D eigenvalue weighted by molar-refractivity contribution is 6.05. The summed E-state index contributed by atoms with van der Waals surface area (Å²) in [6.45, 7) is 1.13. The maximum absolute atomic E-state index is 12.7. The lowest BCUT2D eigenvalue weighted by molar-refractivity contribution is -0.138. The van der Waals surface area contributed by atoms with Crippen LogP contribution in [0.25, 0.3) is 0 Å². The highest BCUT2D eigenvalue weighted by Crippen LogP contribution is 2.29. The fraction of sp³-hybridized carbons (Fsp3) is 0.350. The average Bonchev–Trinajstić information content (AvgIpc) is 3.29. The zero-order chi connectivity index (χ0) is 21.3. The van der Waals surface area contributed by atoms with Crippen molar-refractivity contribution in [3.05, 3.63) is 47.3 Å². The standard InChI is InChI=1S/C20H21N5O5/c26-17-4-3-16(19(29)23-17)25-11-13-7-14(1-2-15(13)20(25)30)21-8-12-9-22-24(10-12)6-5-18(27)28/h1-2,7,9-10,16,21H,3-6,8,11H2,(H,27,28)(H,23,26,29). The Balaban J connectivity index is 1.39. The number of aryl methyl sites for hydroxylation is 1. The number of rotatable bonds is 7. The number of amides is 3. The van der Waals surface area contributed by atoms with E-state index in [1.165, 1.54) is 4.90 Å². The lowest BCUT2D eigenvalue weighted by atomic mass is 10.0. The minimum absolute atomic E-state index is 0.0110. The Labute approximate surface area is 171 Å². The molecular weight excluding hydrogens is 390 g/mol. The van der Waals surface area contributed by atoms with E-state index in [1.807, 2.05) is 6.07 Å². The molecule has 3 amide bonds. The molecule has 156 valence electrons. The summed E-state index contributed by atoms with van der Waals surface area (Å²) < 4.78 is 1.59. The first-order chi connectivity index (χ1) is 14.4. The molecule has 1 fully saturated rings. The summed E-state index contributed by atoms with van der Waals surface area (Å²) in [4.78, 5) is 48.4. The highest BCUT2D eigenvalue weighted by atomic mass is 16.4. The zero-order valence-corrected chi connectivity index (χ0v) is 16.1. The van der Waals surface area contributed by atoms with Gasteiger partial charge in [0.05, 0.1) is 19.2 Å². The molecule has 0 bridgehead atoms. The number of aromatic nitrogens is 2. The van der Waals surface area contributed by atoms with Crippen molar-refractivity contribution in [3.63, 3.8) is 0 Å². The van der Waals surface area contributed by atoms with E-state index in [-0.39, 0.29) is 24.7 Å². The summed E-state index contributed by atoms with van der Waals surface area (Å²) in [7, 11) is 0. The van der Waals surface area contributed by atoms with E-state index >= 15 is 0 Å². The third-order valence-corrected chi connectivity index (χ3v) is 5.26. The first kappa shape index (κ1) is 19.6. The maximum atomic E-state index is 12.7. The summed E-state index contributed by atoms with van der Waals surface area (Å²) >= 11 is 0. The SMILES string of the molecule is O=C(O)CCn1cc(CNc2ccc3c(c2)CN(C2CCC(=O)NC2=O)C3=O)cn1. The number of nitrogens with one attached hydrogen (secondary N) is 2. The van der Waals surface area contributed by atoms with Gasteiger partial charge in [-0.25, -0.2) is 0 Å². The van der Waals surface area contributed by atoms with Crippen LogP contribution >= 0.6 is 0 Å². The predicted molar refractivity (Wildman–Crippen MR) is 104 cm³/mol. The number of carbonyl (C=O) groups is 4. The van der Waals surface area contributed by atoms with Gasteiger partial charge in [0.2, 0.25) is 11.8 Å². The second kappa shape index (κ2) is 7.97. The third kappa shape index (κ3) is 4.02. The molecule has 4 rings (SSSR count). The van der Waals surface area contributed by atoms with Crippen molar-refractivity contribution in [1.29, 1.82) is 0 Å². The number of fused-ring (bicyclic) bond motifs is 1. The fourth-order valence-corrected chi connectivity index (χ4v) is 3.72. The van der Waals surface area contributed by atoms with Gasteiger partial charge in [0, 0.05) is 42.5 Å². The number of hydrogen-bond donors (Lipinski definition) is 3. The number of nitrogens with zero attached hydrogens (tertiary/aromatic N) is 3. The van der Waals surface area contributed by atoms with E-state index in [2.05, 4.69) is 15.7 Å². The number of anilines is 1. The van der Waals surface area contributed by atoms with E-state index < -0.39 is 17.9 Å². The molecule has 2 aliphatic rings. The van der Waals surface area contributed by atoms with Crippen molar-refractivity contribution in [2.75, 3.05) is 5.32 Å². The quantitative estimate of drug-likeness (QED) is 0.572. The molecule has 1 saturated heterocycles. The molecule has 30 heavy (non-hydrogen) atoms. The van der Waals surface area contributed by atoms with Crippen molar-refractivity contribution in [1.82, 2.24) is 20.0 Å². The second-order valence-corrected chi connectivity index (χ2v) is 7.38. The van der Waals surface area contributed by atoms with Crippen LogP contribution in [0.3, 0.4) is 0 Å². The molecular formula is C20H21N5O5. The summed E-state index contributed by atoms with van der Waals surface area (Å²) in [6.07, 6.45) is 4.04. The summed E-state index contributed by atoms with van der Waals surface area (Å²) in [5.74, 6) is -1.81. The molecule has 1 atom stereocenters. The van der Waals surface area contributed by atoms with Gasteiger partial charge >= 0.3 is 5.97 Å². The van der Waals surface area contributed by atoms with Crippen molar-refractivity contribution < 1.29 is 24.3 Å². The lowest BCUT2D eigenvalue weighted by Gasteiger charge is -2.29. The van der Waals surface area contributed by atoms with Gasteiger partial charge in [-0.2, -0.15) is 5.10 Å². The Morgan fingerprint density at radius 1 is 1.30 bits per heavy atom.